The molecule has 1 fully saturated rings. The molecule has 0 aromatic carbocycles. The molecule has 0 bridgehead atoms. The summed E-state index contributed by atoms with van der Waals surface area (Å²) in [6.45, 7) is 9.06. The highest BCUT2D eigenvalue weighted by atomic mass is 16.3. The molecule has 1 nitrogen and oxygen atoms in total. The van der Waals surface area contributed by atoms with Crippen LogP contribution in [0.1, 0.15) is 66.2 Å². The number of unbranched alkanes of at least 4 members (excludes halogenated alkanes) is 1. The summed E-state index contributed by atoms with van der Waals surface area (Å²) in [7, 11) is 0. The van der Waals surface area contributed by atoms with Crippen molar-refractivity contribution in [2.24, 2.45) is 17.3 Å². The first-order chi connectivity index (χ1) is 6.94. The first kappa shape index (κ1) is 13.0. The molecule has 3 unspecified atom stereocenters. The van der Waals surface area contributed by atoms with Gasteiger partial charge in [0.1, 0.15) is 0 Å². The summed E-state index contributed by atoms with van der Waals surface area (Å²) in [5, 5.41) is 10.2. The zero-order chi connectivity index (χ0) is 11.5. The van der Waals surface area contributed by atoms with Gasteiger partial charge in [0, 0.05) is 0 Å². The first-order valence-electron chi connectivity index (χ1n) is 6.62. The summed E-state index contributed by atoms with van der Waals surface area (Å²) in [5.41, 5.74) is 0.366. The van der Waals surface area contributed by atoms with Gasteiger partial charge in [0.15, 0.2) is 0 Å². The van der Waals surface area contributed by atoms with Crippen LogP contribution >= 0.6 is 0 Å². The molecular weight excluding hydrogens is 184 g/mol. The maximum Gasteiger partial charge on any atom is 0.0596 e. The molecule has 0 spiro atoms. The molecule has 1 aliphatic rings. The van der Waals surface area contributed by atoms with E-state index in [2.05, 4.69) is 27.7 Å². The van der Waals surface area contributed by atoms with E-state index in [0.29, 0.717) is 17.3 Å². The molecule has 0 saturated heterocycles. The molecule has 1 saturated carbocycles. The third kappa shape index (κ3) is 4.14. The van der Waals surface area contributed by atoms with Gasteiger partial charge in [-0.05, 0) is 42.9 Å². The average Bonchev–Trinajstić information content (AvgIpc) is 2.43. The van der Waals surface area contributed by atoms with Crippen LogP contribution < -0.4 is 0 Å². The van der Waals surface area contributed by atoms with E-state index < -0.39 is 0 Å². The van der Waals surface area contributed by atoms with Crippen LogP contribution in [0.25, 0.3) is 0 Å². The minimum absolute atomic E-state index is 0.0178. The Morgan fingerprint density at radius 2 is 1.73 bits per heavy atom. The van der Waals surface area contributed by atoms with Crippen molar-refractivity contribution in [1.29, 1.82) is 0 Å². The lowest BCUT2D eigenvalue weighted by Gasteiger charge is -2.26. The standard InChI is InChI=1S/C14H28O/c1-5-6-7-11-8-9-12(13(11)15)10-14(2,3)4/h11-13,15H,5-10H2,1-4H3. The predicted molar refractivity (Wildman–Crippen MR) is 65.8 cm³/mol. The number of hydrogen-bond donors (Lipinski definition) is 1. The molecule has 0 aromatic rings. The molecule has 1 heteroatoms. The van der Waals surface area contributed by atoms with Crippen molar-refractivity contribution in [3.8, 4) is 0 Å². The molecule has 90 valence electrons. The lowest BCUT2D eigenvalue weighted by atomic mass is 9.82. The molecule has 3 atom stereocenters. The van der Waals surface area contributed by atoms with Crippen molar-refractivity contribution < 1.29 is 5.11 Å². The molecule has 0 heterocycles. The van der Waals surface area contributed by atoms with Gasteiger partial charge < -0.3 is 5.11 Å². The van der Waals surface area contributed by atoms with Crippen LogP contribution in [0.3, 0.4) is 0 Å². The number of aliphatic hydroxyl groups excluding tert-OH is 1. The monoisotopic (exact) mass is 212 g/mol. The zero-order valence-corrected chi connectivity index (χ0v) is 10.9. The van der Waals surface area contributed by atoms with E-state index in [0.717, 1.165) is 0 Å². The highest BCUT2D eigenvalue weighted by Gasteiger charge is 2.35. The predicted octanol–water partition coefficient (Wildman–Crippen LogP) is 4.00. The lowest BCUT2D eigenvalue weighted by Crippen LogP contribution is -2.24. The van der Waals surface area contributed by atoms with Gasteiger partial charge in [-0.15, -0.1) is 0 Å². The van der Waals surface area contributed by atoms with E-state index in [-0.39, 0.29) is 6.10 Å². The largest absolute Gasteiger partial charge is 0.393 e. The van der Waals surface area contributed by atoms with Crippen LogP contribution in [0, 0.1) is 17.3 Å². The summed E-state index contributed by atoms with van der Waals surface area (Å²) < 4.78 is 0. The number of aliphatic hydroxyl groups is 1. The van der Waals surface area contributed by atoms with Crippen LogP contribution in [0.5, 0.6) is 0 Å². The minimum atomic E-state index is -0.0178. The summed E-state index contributed by atoms with van der Waals surface area (Å²) >= 11 is 0. The van der Waals surface area contributed by atoms with Gasteiger partial charge in [-0.25, -0.2) is 0 Å². The molecule has 1 N–H and O–H groups in total. The molecule has 0 amide bonds. The Kier molecular flexibility index (Phi) is 4.64. The van der Waals surface area contributed by atoms with Crippen molar-refractivity contribution in [2.45, 2.75) is 72.3 Å². The van der Waals surface area contributed by atoms with Gasteiger partial charge in [-0.3, -0.25) is 0 Å². The third-order valence-corrected chi connectivity index (χ3v) is 3.68. The van der Waals surface area contributed by atoms with Crippen molar-refractivity contribution in [2.75, 3.05) is 0 Å². The fourth-order valence-electron chi connectivity index (χ4n) is 2.95. The van der Waals surface area contributed by atoms with Gasteiger partial charge in [-0.2, -0.15) is 0 Å². The zero-order valence-electron chi connectivity index (χ0n) is 10.9. The van der Waals surface area contributed by atoms with Crippen molar-refractivity contribution in [3.63, 3.8) is 0 Å². The van der Waals surface area contributed by atoms with Gasteiger partial charge in [-0.1, -0.05) is 40.5 Å². The molecule has 15 heavy (non-hydrogen) atoms. The Morgan fingerprint density at radius 1 is 1.13 bits per heavy atom. The maximum atomic E-state index is 10.2. The van der Waals surface area contributed by atoms with Crippen molar-refractivity contribution >= 4 is 0 Å². The Bertz CT molecular complexity index is 180. The van der Waals surface area contributed by atoms with Gasteiger partial charge in [0.25, 0.3) is 0 Å². The molecule has 0 radical (unpaired) electrons. The van der Waals surface area contributed by atoms with Gasteiger partial charge >= 0.3 is 0 Å². The van der Waals surface area contributed by atoms with Crippen LogP contribution in [0.4, 0.5) is 0 Å². The van der Waals surface area contributed by atoms with Crippen LogP contribution in [-0.4, -0.2) is 11.2 Å². The maximum absolute atomic E-state index is 10.2. The third-order valence-electron chi connectivity index (χ3n) is 3.68. The molecule has 0 aliphatic heterocycles. The summed E-state index contributed by atoms with van der Waals surface area (Å²) in [6, 6.07) is 0. The summed E-state index contributed by atoms with van der Waals surface area (Å²) in [4.78, 5) is 0. The smallest absolute Gasteiger partial charge is 0.0596 e. The van der Waals surface area contributed by atoms with Crippen LogP contribution in [0.2, 0.25) is 0 Å². The Balaban J connectivity index is 2.38. The van der Waals surface area contributed by atoms with Gasteiger partial charge in [0.05, 0.1) is 6.10 Å². The van der Waals surface area contributed by atoms with Crippen LogP contribution in [-0.2, 0) is 0 Å². The second-order valence-corrected chi connectivity index (χ2v) is 6.50. The van der Waals surface area contributed by atoms with E-state index in [1.807, 2.05) is 0 Å². The summed E-state index contributed by atoms with van der Waals surface area (Å²) in [6.07, 6.45) is 7.43. The molecule has 0 aromatic heterocycles. The van der Waals surface area contributed by atoms with Crippen LogP contribution in [0.15, 0.2) is 0 Å². The fraction of sp³-hybridized carbons (Fsp3) is 1.00. The molecular formula is C14H28O. The average molecular weight is 212 g/mol. The first-order valence-corrected chi connectivity index (χ1v) is 6.62. The second-order valence-electron chi connectivity index (χ2n) is 6.50. The van der Waals surface area contributed by atoms with Gasteiger partial charge in [0.2, 0.25) is 0 Å². The SMILES string of the molecule is CCCCC1CCC(CC(C)(C)C)C1O. The second kappa shape index (κ2) is 5.34. The highest BCUT2D eigenvalue weighted by Crippen LogP contribution is 2.40. The van der Waals surface area contributed by atoms with Crippen molar-refractivity contribution in [1.82, 2.24) is 0 Å². The Morgan fingerprint density at radius 3 is 2.27 bits per heavy atom. The van der Waals surface area contributed by atoms with E-state index in [1.54, 1.807) is 0 Å². The highest BCUT2D eigenvalue weighted by molar-refractivity contribution is 4.86. The quantitative estimate of drug-likeness (QED) is 0.747. The topological polar surface area (TPSA) is 20.2 Å². The normalized spacial score (nSPS) is 32.2. The minimum Gasteiger partial charge on any atom is -0.393 e. The summed E-state index contributed by atoms with van der Waals surface area (Å²) in [5.74, 6) is 1.16. The number of rotatable bonds is 4. The van der Waals surface area contributed by atoms with Crippen molar-refractivity contribution in [3.05, 3.63) is 0 Å². The lowest BCUT2D eigenvalue weighted by molar-refractivity contribution is 0.0679. The molecule has 1 rings (SSSR count). The van der Waals surface area contributed by atoms with E-state index in [4.69, 9.17) is 0 Å². The Hall–Kier alpha value is -0.0400. The van der Waals surface area contributed by atoms with E-state index in [9.17, 15) is 5.11 Å². The number of hydrogen-bond acceptors (Lipinski definition) is 1. The Labute approximate surface area is 95.3 Å². The van der Waals surface area contributed by atoms with E-state index >= 15 is 0 Å². The molecule has 1 aliphatic carbocycles. The fourth-order valence-corrected chi connectivity index (χ4v) is 2.95. The van der Waals surface area contributed by atoms with E-state index in [1.165, 1.54) is 38.5 Å².